The molecule has 0 saturated heterocycles. The number of hydrogen-bond acceptors (Lipinski definition) is 6. The Bertz CT molecular complexity index is 1120. The van der Waals surface area contributed by atoms with Gasteiger partial charge in [-0.1, -0.05) is 12.1 Å². The fourth-order valence-corrected chi connectivity index (χ4v) is 4.43. The third kappa shape index (κ3) is 4.45. The van der Waals surface area contributed by atoms with Crippen molar-refractivity contribution in [1.82, 2.24) is 5.01 Å². The minimum absolute atomic E-state index is 0.108. The molecule has 0 aliphatic carbocycles. The Labute approximate surface area is 190 Å². The van der Waals surface area contributed by atoms with E-state index >= 15 is 0 Å². The molecule has 2 heterocycles. The van der Waals surface area contributed by atoms with E-state index < -0.39 is 0 Å². The third-order valence-corrected chi connectivity index (χ3v) is 6.32. The van der Waals surface area contributed by atoms with E-state index in [4.69, 9.17) is 14.6 Å². The van der Waals surface area contributed by atoms with Crippen molar-refractivity contribution in [3.05, 3.63) is 76.2 Å². The average Bonchev–Trinajstić information content (AvgIpc) is 3.49. The lowest BCUT2D eigenvalue weighted by Crippen LogP contribution is -2.36. The number of hydrazone groups is 1. The maximum atomic E-state index is 13.3. The fourth-order valence-electron chi connectivity index (χ4n) is 3.71. The molecule has 1 amide bonds. The highest BCUT2D eigenvalue weighted by Crippen LogP contribution is 2.38. The second kappa shape index (κ2) is 9.40. The van der Waals surface area contributed by atoms with Gasteiger partial charge in [-0.15, -0.1) is 11.3 Å². The summed E-state index contributed by atoms with van der Waals surface area (Å²) in [4.78, 5) is 16.1. The van der Waals surface area contributed by atoms with Gasteiger partial charge in [-0.3, -0.25) is 4.79 Å². The molecule has 0 saturated carbocycles. The molecule has 2 aromatic carbocycles. The molecule has 1 unspecified atom stereocenters. The van der Waals surface area contributed by atoms with Crippen LogP contribution in [0.2, 0.25) is 0 Å². The number of thiophene rings is 1. The Morgan fingerprint density at radius 2 is 1.91 bits per heavy atom. The first kappa shape index (κ1) is 21.8. The number of benzene rings is 2. The van der Waals surface area contributed by atoms with Gasteiger partial charge in [-0.2, -0.15) is 5.10 Å². The molecule has 166 valence electrons. The number of hydrogen-bond donors (Lipinski definition) is 0. The van der Waals surface area contributed by atoms with Gasteiger partial charge in [0.1, 0.15) is 5.82 Å². The van der Waals surface area contributed by atoms with Crippen molar-refractivity contribution in [1.29, 1.82) is 0 Å². The van der Waals surface area contributed by atoms with Crippen LogP contribution in [-0.2, 0) is 4.79 Å². The Balaban J connectivity index is 1.62. The van der Waals surface area contributed by atoms with Crippen LogP contribution in [0.4, 0.5) is 10.1 Å². The van der Waals surface area contributed by atoms with E-state index in [1.165, 1.54) is 12.1 Å². The molecule has 0 bridgehead atoms. The highest BCUT2D eigenvalue weighted by atomic mass is 32.1. The van der Waals surface area contributed by atoms with Crippen LogP contribution in [0.3, 0.4) is 0 Å². The van der Waals surface area contributed by atoms with Gasteiger partial charge in [0.2, 0.25) is 0 Å². The monoisotopic (exact) mass is 453 g/mol. The smallest absolute Gasteiger partial charge is 0.262 e. The number of anilines is 1. The topological polar surface area (TPSA) is 54.4 Å². The molecule has 1 aliphatic rings. The molecule has 0 spiro atoms. The van der Waals surface area contributed by atoms with E-state index in [9.17, 15) is 9.18 Å². The van der Waals surface area contributed by atoms with Gasteiger partial charge < -0.3 is 14.4 Å². The summed E-state index contributed by atoms with van der Waals surface area (Å²) < 4.78 is 24.1. The highest BCUT2D eigenvalue weighted by molar-refractivity contribution is 7.12. The summed E-state index contributed by atoms with van der Waals surface area (Å²) in [6.07, 6.45) is 0.599. The Kier molecular flexibility index (Phi) is 6.41. The standard InChI is InChI=1S/C24H24FN3O3S/c1-27(18-9-7-17(25)8-10-18)15-24(29)28-20(14-19(26-28)23-5-4-12-32-23)16-6-11-21(30-2)22(13-16)31-3/h4-13,20H,14-15H2,1-3H3. The molecule has 1 aromatic heterocycles. The second-order valence-corrected chi connectivity index (χ2v) is 8.38. The molecule has 32 heavy (non-hydrogen) atoms. The molecule has 0 N–H and O–H groups in total. The van der Waals surface area contributed by atoms with E-state index in [-0.39, 0.29) is 24.3 Å². The number of halogens is 1. The molecule has 8 heteroatoms. The van der Waals surface area contributed by atoms with Crippen molar-refractivity contribution >= 4 is 28.6 Å². The van der Waals surface area contributed by atoms with E-state index in [1.54, 1.807) is 54.6 Å². The van der Waals surface area contributed by atoms with Crippen molar-refractivity contribution in [3.63, 3.8) is 0 Å². The molecule has 4 rings (SSSR count). The number of methoxy groups -OCH3 is 2. The quantitative estimate of drug-likeness (QED) is 0.520. The minimum Gasteiger partial charge on any atom is -0.493 e. The summed E-state index contributed by atoms with van der Waals surface area (Å²) in [7, 11) is 4.98. The fraction of sp³-hybridized carbons (Fsp3) is 0.250. The van der Waals surface area contributed by atoms with Gasteiger partial charge in [0, 0.05) is 19.2 Å². The molecule has 1 aliphatic heterocycles. The zero-order valence-corrected chi connectivity index (χ0v) is 18.9. The molecular formula is C24H24FN3O3S. The van der Waals surface area contributed by atoms with Crippen LogP contribution in [0.5, 0.6) is 11.5 Å². The Morgan fingerprint density at radius 1 is 1.16 bits per heavy atom. The van der Waals surface area contributed by atoms with Crippen LogP contribution in [0.1, 0.15) is 22.9 Å². The van der Waals surface area contributed by atoms with Crippen molar-refractivity contribution in [2.75, 3.05) is 32.7 Å². The van der Waals surface area contributed by atoms with Crippen molar-refractivity contribution in [2.45, 2.75) is 12.5 Å². The van der Waals surface area contributed by atoms with Crippen molar-refractivity contribution in [2.24, 2.45) is 5.10 Å². The van der Waals surface area contributed by atoms with E-state index in [0.29, 0.717) is 17.9 Å². The lowest BCUT2D eigenvalue weighted by atomic mass is 10.0. The first-order valence-electron chi connectivity index (χ1n) is 10.1. The Hall–Kier alpha value is -3.39. The second-order valence-electron chi connectivity index (χ2n) is 7.43. The summed E-state index contributed by atoms with van der Waals surface area (Å²) in [5.41, 5.74) is 2.54. The molecule has 1 atom stereocenters. The first-order chi connectivity index (χ1) is 15.5. The van der Waals surface area contributed by atoms with Crippen LogP contribution in [-0.4, -0.2) is 44.4 Å². The van der Waals surface area contributed by atoms with Gasteiger partial charge in [0.15, 0.2) is 11.5 Å². The predicted octanol–water partition coefficient (Wildman–Crippen LogP) is 4.72. The Morgan fingerprint density at radius 3 is 2.56 bits per heavy atom. The molecule has 0 fully saturated rings. The minimum atomic E-state index is -0.313. The van der Waals surface area contributed by atoms with Crippen LogP contribution in [0, 0.1) is 5.82 Å². The lowest BCUT2D eigenvalue weighted by Gasteiger charge is -2.26. The van der Waals surface area contributed by atoms with Crippen molar-refractivity contribution in [3.8, 4) is 11.5 Å². The van der Waals surface area contributed by atoms with Gasteiger partial charge >= 0.3 is 0 Å². The third-order valence-electron chi connectivity index (χ3n) is 5.40. The number of carbonyl (C=O) groups excluding carboxylic acids is 1. The van der Waals surface area contributed by atoms with Crippen LogP contribution in [0.25, 0.3) is 0 Å². The maximum absolute atomic E-state index is 13.3. The number of carbonyl (C=O) groups is 1. The number of amides is 1. The predicted molar refractivity (Wildman–Crippen MR) is 124 cm³/mol. The number of ether oxygens (including phenoxy) is 2. The normalized spacial score (nSPS) is 15.4. The van der Waals surface area contributed by atoms with E-state index in [2.05, 4.69) is 0 Å². The summed E-state index contributed by atoms with van der Waals surface area (Å²) in [6, 6.07) is 15.4. The summed E-state index contributed by atoms with van der Waals surface area (Å²) >= 11 is 1.60. The van der Waals surface area contributed by atoms with Gasteiger partial charge in [-0.25, -0.2) is 9.40 Å². The van der Waals surface area contributed by atoms with Crippen LogP contribution in [0.15, 0.2) is 65.1 Å². The molecular weight excluding hydrogens is 429 g/mol. The summed E-state index contributed by atoms with van der Waals surface area (Å²) in [5.74, 6) is 0.767. The van der Waals surface area contributed by atoms with Gasteiger partial charge in [0.25, 0.3) is 5.91 Å². The largest absolute Gasteiger partial charge is 0.493 e. The van der Waals surface area contributed by atoms with E-state index in [1.807, 2.05) is 35.7 Å². The summed E-state index contributed by atoms with van der Waals surface area (Å²) in [5, 5.41) is 8.25. The number of likely N-dealkylation sites (N-methyl/N-ethyl adjacent to an activating group) is 1. The van der Waals surface area contributed by atoms with E-state index in [0.717, 1.165) is 21.8 Å². The van der Waals surface area contributed by atoms with Crippen LogP contribution < -0.4 is 14.4 Å². The average molecular weight is 454 g/mol. The van der Waals surface area contributed by atoms with Crippen LogP contribution >= 0.6 is 11.3 Å². The first-order valence-corrected chi connectivity index (χ1v) is 11.0. The SMILES string of the molecule is COc1ccc(C2CC(c3cccs3)=NN2C(=O)CN(C)c2ccc(F)cc2)cc1OC. The van der Waals surface area contributed by atoms with Gasteiger partial charge in [0.05, 0.1) is 37.4 Å². The number of rotatable bonds is 7. The molecule has 0 radical (unpaired) electrons. The zero-order chi connectivity index (χ0) is 22.7. The molecule has 3 aromatic rings. The highest BCUT2D eigenvalue weighted by Gasteiger charge is 2.34. The molecule has 6 nitrogen and oxygen atoms in total. The summed E-state index contributed by atoms with van der Waals surface area (Å²) in [6.45, 7) is 0.108. The number of nitrogens with zero attached hydrogens (tertiary/aromatic N) is 3. The van der Waals surface area contributed by atoms with Gasteiger partial charge in [-0.05, 0) is 53.4 Å². The zero-order valence-electron chi connectivity index (χ0n) is 18.1. The lowest BCUT2D eigenvalue weighted by molar-refractivity contribution is -0.131. The van der Waals surface area contributed by atoms with Crippen molar-refractivity contribution < 1.29 is 18.7 Å². The maximum Gasteiger partial charge on any atom is 0.262 e.